The van der Waals surface area contributed by atoms with Crippen LogP contribution in [0.4, 0.5) is 8.78 Å². The smallest absolute Gasteiger partial charge is 0.237 e. The van der Waals surface area contributed by atoms with E-state index >= 15 is 0 Å². The van der Waals surface area contributed by atoms with Gasteiger partial charge in [0.2, 0.25) is 5.91 Å². The van der Waals surface area contributed by atoms with Gasteiger partial charge in [-0.2, -0.15) is 0 Å². The van der Waals surface area contributed by atoms with Crippen LogP contribution in [0, 0.1) is 11.6 Å². The molecule has 3 N–H and O–H groups in total. The Balaban J connectivity index is 1.72. The maximum Gasteiger partial charge on any atom is 0.237 e. The summed E-state index contributed by atoms with van der Waals surface area (Å²) in [6, 6.07) is 9.93. The third-order valence-electron chi connectivity index (χ3n) is 3.87. The minimum absolute atomic E-state index is 0.00970. The molecule has 0 unspecified atom stereocenters. The summed E-state index contributed by atoms with van der Waals surface area (Å²) >= 11 is 1.57. The Morgan fingerprint density at radius 3 is 2.44 bits per heavy atom. The number of nitrogens with one attached hydrogen (secondary N) is 1. The fourth-order valence-electron chi connectivity index (χ4n) is 2.61. The molecule has 0 spiro atoms. The molecule has 1 aliphatic rings. The molecule has 0 aliphatic carbocycles. The highest BCUT2D eigenvalue weighted by atomic mass is 32.2. The van der Waals surface area contributed by atoms with Crippen LogP contribution in [0.5, 0.6) is 11.5 Å². The number of benzene rings is 2. The molecule has 3 rings (SSSR count). The summed E-state index contributed by atoms with van der Waals surface area (Å²) in [7, 11) is 0. The average molecular weight is 364 g/mol. The number of hydrogen-bond acceptors (Lipinski definition) is 4. The Labute approximate surface area is 148 Å². The second kappa shape index (κ2) is 7.84. The van der Waals surface area contributed by atoms with Crippen LogP contribution in [0.15, 0.2) is 42.5 Å². The normalized spacial score (nSPS) is 20.7. The Morgan fingerprint density at radius 1 is 1.12 bits per heavy atom. The maximum atomic E-state index is 13.2. The monoisotopic (exact) mass is 364 g/mol. The SMILES string of the molecule is NC[C@@H]1CCS[C@H](c2ccc(Oc3cc(F)cc(F)c3)cc2)C(=O)N1. The van der Waals surface area contributed by atoms with Crippen molar-refractivity contribution in [2.24, 2.45) is 5.73 Å². The first kappa shape index (κ1) is 17.7. The number of amides is 1. The number of carbonyl (C=O) groups excluding carboxylic acids is 1. The summed E-state index contributed by atoms with van der Waals surface area (Å²) in [5, 5.41) is 2.64. The van der Waals surface area contributed by atoms with Crippen molar-refractivity contribution >= 4 is 17.7 Å². The maximum absolute atomic E-state index is 13.2. The first-order chi connectivity index (χ1) is 12.0. The summed E-state index contributed by atoms with van der Waals surface area (Å²) in [5.74, 6) is -0.101. The predicted molar refractivity (Wildman–Crippen MR) is 93.7 cm³/mol. The fraction of sp³-hybridized carbons (Fsp3) is 0.278. The molecule has 132 valence electrons. The van der Waals surface area contributed by atoms with Gasteiger partial charge in [-0.1, -0.05) is 12.1 Å². The Morgan fingerprint density at radius 2 is 1.80 bits per heavy atom. The number of halogens is 2. The van der Waals surface area contributed by atoms with Crippen molar-refractivity contribution in [3.05, 3.63) is 59.7 Å². The van der Waals surface area contributed by atoms with Crippen LogP contribution in [-0.2, 0) is 4.79 Å². The van der Waals surface area contributed by atoms with E-state index in [0.717, 1.165) is 35.9 Å². The summed E-state index contributed by atoms with van der Waals surface area (Å²) in [6.45, 7) is 0.427. The van der Waals surface area contributed by atoms with Crippen LogP contribution in [-0.4, -0.2) is 24.2 Å². The highest BCUT2D eigenvalue weighted by Gasteiger charge is 2.26. The zero-order valence-corrected chi connectivity index (χ0v) is 14.2. The van der Waals surface area contributed by atoms with E-state index in [9.17, 15) is 13.6 Å². The van der Waals surface area contributed by atoms with Gasteiger partial charge >= 0.3 is 0 Å². The fourth-order valence-corrected chi connectivity index (χ4v) is 3.84. The third-order valence-corrected chi connectivity index (χ3v) is 5.17. The number of carbonyl (C=O) groups is 1. The number of nitrogens with two attached hydrogens (primary N) is 1. The van der Waals surface area contributed by atoms with E-state index in [2.05, 4.69) is 5.32 Å². The molecule has 4 nitrogen and oxygen atoms in total. The van der Waals surface area contributed by atoms with Gasteiger partial charge in [-0.15, -0.1) is 11.8 Å². The minimum atomic E-state index is -0.701. The van der Waals surface area contributed by atoms with Crippen LogP contribution >= 0.6 is 11.8 Å². The van der Waals surface area contributed by atoms with Gasteiger partial charge in [-0.3, -0.25) is 4.79 Å². The van der Waals surface area contributed by atoms with Gasteiger partial charge in [0.05, 0.1) is 0 Å². The lowest BCUT2D eigenvalue weighted by atomic mass is 10.1. The van der Waals surface area contributed by atoms with E-state index in [0.29, 0.717) is 12.3 Å². The van der Waals surface area contributed by atoms with Gasteiger partial charge < -0.3 is 15.8 Å². The summed E-state index contributed by atoms with van der Waals surface area (Å²) in [4.78, 5) is 12.3. The molecule has 1 saturated heterocycles. The van der Waals surface area contributed by atoms with Crippen molar-refractivity contribution in [2.75, 3.05) is 12.3 Å². The molecule has 2 atom stereocenters. The van der Waals surface area contributed by atoms with E-state index in [-0.39, 0.29) is 22.9 Å². The average Bonchev–Trinajstić information content (AvgIpc) is 2.76. The van der Waals surface area contributed by atoms with Gasteiger partial charge in [-0.05, 0) is 29.9 Å². The zero-order valence-electron chi connectivity index (χ0n) is 13.4. The lowest BCUT2D eigenvalue weighted by Gasteiger charge is -2.16. The Hall–Kier alpha value is -2.12. The molecule has 25 heavy (non-hydrogen) atoms. The quantitative estimate of drug-likeness (QED) is 0.873. The third kappa shape index (κ3) is 4.49. The Kier molecular flexibility index (Phi) is 5.55. The van der Waals surface area contributed by atoms with Gasteiger partial charge in [0.15, 0.2) is 0 Å². The summed E-state index contributed by atoms with van der Waals surface area (Å²) < 4.78 is 31.9. The van der Waals surface area contributed by atoms with Crippen LogP contribution < -0.4 is 15.8 Å². The van der Waals surface area contributed by atoms with Crippen LogP contribution in [0.25, 0.3) is 0 Å². The van der Waals surface area contributed by atoms with Crippen LogP contribution in [0.1, 0.15) is 17.2 Å². The van der Waals surface area contributed by atoms with Gasteiger partial charge in [0.1, 0.15) is 28.4 Å². The molecule has 7 heteroatoms. The number of thioether (sulfide) groups is 1. The predicted octanol–water partition coefficient (Wildman–Crippen LogP) is 3.38. The van der Waals surface area contributed by atoms with Crippen molar-refractivity contribution in [2.45, 2.75) is 17.7 Å². The largest absolute Gasteiger partial charge is 0.457 e. The molecule has 2 aromatic rings. The zero-order chi connectivity index (χ0) is 17.8. The van der Waals surface area contributed by atoms with E-state index in [1.54, 1.807) is 36.0 Å². The molecule has 1 heterocycles. The standard InChI is InChI=1S/C18H18F2N2O2S/c19-12-7-13(20)9-16(8-12)24-15-3-1-11(2-4-15)17-18(23)22-14(10-21)5-6-25-17/h1-4,7-9,14,17H,5-6,10,21H2,(H,22,23)/t14-,17+/m0/s1. The van der Waals surface area contributed by atoms with E-state index < -0.39 is 11.6 Å². The summed E-state index contributed by atoms with van der Waals surface area (Å²) in [5.41, 5.74) is 6.48. The lowest BCUT2D eigenvalue weighted by molar-refractivity contribution is -0.121. The van der Waals surface area contributed by atoms with Crippen molar-refractivity contribution in [3.63, 3.8) is 0 Å². The highest BCUT2D eigenvalue weighted by Crippen LogP contribution is 2.33. The lowest BCUT2D eigenvalue weighted by Crippen LogP contribution is -2.40. The molecular weight excluding hydrogens is 346 g/mol. The first-order valence-corrected chi connectivity index (χ1v) is 8.96. The Bertz CT molecular complexity index is 735. The number of hydrogen-bond donors (Lipinski definition) is 2. The van der Waals surface area contributed by atoms with E-state index in [4.69, 9.17) is 10.5 Å². The molecule has 2 aromatic carbocycles. The van der Waals surface area contributed by atoms with E-state index in [1.165, 1.54) is 0 Å². The molecule has 0 radical (unpaired) electrons. The van der Waals surface area contributed by atoms with Crippen molar-refractivity contribution in [1.29, 1.82) is 0 Å². The highest BCUT2D eigenvalue weighted by molar-refractivity contribution is 8.00. The molecule has 0 bridgehead atoms. The van der Waals surface area contributed by atoms with Crippen LogP contribution in [0.2, 0.25) is 0 Å². The molecule has 0 aromatic heterocycles. The topological polar surface area (TPSA) is 64.3 Å². The molecule has 1 amide bonds. The minimum Gasteiger partial charge on any atom is -0.457 e. The van der Waals surface area contributed by atoms with Gasteiger partial charge in [0, 0.05) is 30.8 Å². The van der Waals surface area contributed by atoms with Gasteiger partial charge in [-0.25, -0.2) is 8.78 Å². The summed E-state index contributed by atoms with van der Waals surface area (Å²) in [6.07, 6.45) is 0.843. The second-order valence-corrected chi connectivity index (χ2v) is 6.97. The molecule has 0 saturated carbocycles. The van der Waals surface area contributed by atoms with Crippen molar-refractivity contribution < 1.29 is 18.3 Å². The van der Waals surface area contributed by atoms with Gasteiger partial charge in [0.25, 0.3) is 0 Å². The van der Waals surface area contributed by atoms with Crippen molar-refractivity contribution in [1.82, 2.24) is 5.32 Å². The first-order valence-electron chi connectivity index (χ1n) is 7.91. The van der Waals surface area contributed by atoms with E-state index in [1.807, 2.05) is 0 Å². The molecule has 1 aliphatic heterocycles. The van der Waals surface area contributed by atoms with Crippen molar-refractivity contribution in [3.8, 4) is 11.5 Å². The number of rotatable bonds is 4. The molecular formula is C18H18F2N2O2S. The van der Waals surface area contributed by atoms with Crippen LogP contribution in [0.3, 0.4) is 0 Å². The molecule has 1 fully saturated rings. The second-order valence-electron chi connectivity index (χ2n) is 5.76. The number of ether oxygens (including phenoxy) is 1.